The largest absolute Gasteiger partial charge is 0.381 e. The molecule has 0 spiro atoms. The summed E-state index contributed by atoms with van der Waals surface area (Å²) in [4.78, 5) is 0. The first-order chi connectivity index (χ1) is 6.49. The summed E-state index contributed by atoms with van der Waals surface area (Å²) in [6.07, 6.45) is 4.70. The lowest BCUT2D eigenvalue weighted by atomic mass is 9.83. The molecule has 14 heavy (non-hydrogen) atoms. The molecular weight excluding hydrogens is 174 g/mol. The van der Waals surface area contributed by atoms with Crippen LogP contribution >= 0.6 is 0 Å². The minimum atomic E-state index is 0.387. The maximum absolute atomic E-state index is 6.20. The fourth-order valence-electron chi connectivity index (χ4n) is 1.98. The third kappa shape index (κ3) is 4.43. The van der Waals surface area contributed by atoms with E-state index in [0.717, 1.165) is 32.5 Å². The van der Waals surface area contributed by atoms with Gasteiger partial charge in [-0.2, -0.15) is 0 Å². The molecule has 2 N–H and O–H groups in total. The standard InChI is InChI=1S/C12H25NO/c1-12(2,3)7-4-11(13)10-5-8-14-9-6-10/h10-11H,4-9,13H2,1-3H3. The Kier molecular flexibility index (Phi) is 4.39. The van der Waals surface area contributed by atoms with Gasteiger partial charge in [-0.1, -0.05) is 20.8 Å². The fraction of sp³-hybridized carbons (Fsp3) is 1.00. The minimum Gasteiger partial charge on any atom is -0.381 e. The van der Waals surface area contributed by atoms with Crippen molar-refractivity contribution in [2.75, 3.05) is 13.2 Å². The lowest BCUT2D eigenvalue weighted by Gasteiger charge is -2.29. The normalized spacial score (nSPS) is 22.3. The van der Waals surface area contributed by atoms with Gasteiger partial charge in [0.05, 0.1) is 0 Å². The first-order valence-corrected chi connectivity index (χ1v) is 5.82. The van der Waals surface area contributed by atoms with Crippen LogP contribution in [-0.4, -0.2) is 19.3 Å². The Balaban J connectivity index is 2.23. The van der Waals surface area contributed by atoms with Gasteiger partial charge in [0.25, 0.3) is 0 Å². The van der Waals surface area contributed by atoms with Gasteiger partial charge in [0.15, 0.2) is 0 Å². The molecule has 0 bridgehead atoms. The summed E-state index contributed by atoms with van der Waals surface area (Å²) in [5.41, 5.74) is 6.62. The summed E-state index contributed by atoms with van der Waals surface area (Å²) in [5.74, 6) is 0.700. The van der Waals surface area contributed by atoms with Crippen molar-refractivity contribution in [3.05, 3.63) is 0 Å². The molecule has 1 unspecified atom stereocenters. The third-order valence-corrected chi connectivity index (χ3v) is 3.10. The molecular formula is C12H25NO. The Labute approximate surface area is 88.2 Å². The van der Waals surface area contributed by atoms with Crippen LogP contribution in [0.5, 0.6) is 0 Å². The van der Waals surface area contributed by atoms with Gasteiger partial charge in [0.2, 0.25) is 0 Å². The highest BCUT2D eigenvalue weighted by Crippen LogP contribution is 2.26. The lowest BCUT2D eigenvalue weighted by molar-refractivity contribution is 0.0562. The SMILES string of the molecule is CC(C)(C)CCC(N)C1CCOCC1. The summed E-state index contributed by atoms with van der Waals surface area (Å²) in [7, 11) is 0. The molecule has 2 nitrogen and oxygen atoms in total. The molecule has 0 aromatic rings. The first kappa shape index (κ1) is 12.0. The maximum atomic E-state index is 6.20. The Bertz CT molecular complexity index is 156. The molecule has 0 saturated carbocycles. The molecule has 0 aromatic carbocycles. The topological polar surface area (TPSA) is 35.2 Å². The zero-order chi connectivity index (χ0) is 10.6. The number of nitrogens with two attached hydrogens (primary N) is 1. The van der Waals surface area contributed by atoms with Crippen molar-refractivity contribution in [3.8, 4) is 0 Å². The second-order valence-corrected chi connectivity index (χ2v) is 5.71. The molecule has 0 aliphatic carbocycles. The first-order valence-electron chi connectivity index (χ1n) is 5.82. The molecule has 1 aliphatic rings. The minimum absolute atomic E-state index is 0.387. The van der Waals surface area contributed by atoms with E-state index in [9.17, 15) is 0 Å². The van der Waals surface area contributed by atoms with Crippen LogP contribution in [0.2, 0.25) is 0 Å². The van der Waals surface area contributed by atoms with Crippen molar-refractivity contribution in [1.82, 2.24) is 0 Å². The lowest BCUT2D eigenvalue weighted by Crippen LogP contribution is -2.35. The van der Waals surface area contributed by atoms with Crippen LogP contribution in [0, 0.1) is 11.3 Å². The van der Waals surface area contributed by atoms with Gasteiger partial charge in [-0.3, -0.25) is 0 Å². The zero-order valence-corrected chi connectivity index (χ0v) is 9.88. The number of rotatable bonds is 3. The monoisotopic (exact) mass is 199 g/mol. The molecule has 1 fully saturated rings. The van der Waals surface area contributed by atoms with Crippen LogP contribution in [0.3, 0.4) is 0 Å². The van der Waals surface area contributed by atoms with Gasteiger partial charge in [0, 0.05) is 19.3 Å². The van der Waals surface area contributed by atoms with Gasteiger partial charge >= 0.3 is 0 Å². The highest BCUT2D eigenvalue weighted by Gasteiger charge is 2.22. The second kappa shape index (κ2) is 5.13. The van der Waals surface area contributed by atoms with E-state index >= 15 is 0 Å². The smallest absolute Gasteiger partial charge is 0.0469 e. The summed E-state index contributed by atoms with van der Waals surface area (Å²) < 4.78 is 5.34. The van der Waals surface area contributed by atoms with Gasteiger partial charge in [-0.15, -0.1) is 0 Å². The molecule has 84 valence electrons. The molecule has 1 atom stereocenters. The zero-order valence-electron chi connectivity index (χ0n) is 9.88. The van der Waals surface area contributed by atoms with E-state index in [2.05, 4.69) is 20.8 Å². The van der Waals surface area contributed by atoms with Crippen LogP contribution < -0.4 is 5.73 Å². The molecule has 1 heterocycles. The van der Waals surface area contributed by atoms with Crippen molar-refractivity contribution >= 4 is 0 Å². The van der Waals surface area contributed by atoms with Crippen molar-refractivity contribution in [2.45, 2.75) is 52.5 Å². The van der Waals surface area contributed by atoms with Crippen molar-refractivity contribution in [1.29, 1.82) is 0 Å². The average molecular weight is 199 g/mol. The maximum Gasteiger partial charge on any atom is 0.0469 e. The predicted molar refractivity (Wildman–Crippen MR) is 60.2 cm³/mol. The Morgan fingerprint density at radius 3 is 2.36 bits per heavy atom. The van der Waals surface area contributed by atoms with E-state index in [0.29, 0.717) is 17.4 Å². The van der Waals surface area contributed by atoms with E-state index in [1.54, 1.807) is 0 Å². The van der Waals surface area contributed by atoms with Crippen LogP contribution in [0.4, 0.5) is 0 Å². The van der Waals surface area contributed by atoms with Crippen LogP contribution in [0.25, 0.3) is 0 Å². The summed E-state index contributed by atoms with van der Waals surface area (Å²) >= 11 is 0. The number of hydrogen-bond acceptors (Lipinski definition) is 2. The summed E-state index contributed by atoms with van der Waals surface area (Å²) in [6.45, 7) is 8.67. The van der Waals surface area contributed by atoms with Gasteiger partial charge in [-0.05, 0) is 37.0 Å². The van der Waals surface area contributed by atoms with E-state index in [1.165, 1.54) is 6.42 Å². The van der Waals surface area contributed by atoms with Gasteiger partial charge in [-0.25, -0.2) is 0 Å². The van der Waals surface area contributed by atoms with Crippen LogP contribution in [-0.2, 0) is 4.74 Å². The molecule has 1 saturated heterocycles. The highest BCUT2D eigenvalue weighted by molar-refractivity contribution is 4.77. The van der Waals surface area contributed by atoms with Crippen LogP contribution in [0.15, 0.2) is 0 Å². The van der Waals surface area contributed by atoms with E-state index in [-0.39, 0.29) is 0 Å². The molecule has 0 amide bonds. The van der Waals surface area contributed by atoms with E-state index < -0.39 is 0 Å². The molecule has 2 heteroatoms. The molecule has 1 aliphatic heterocycles. The Hall–Kier alpha value is -0.0800. The van der Waals surface area contributed by atoms with E-state index in [1.807, 2.05) is 0 Å². The van der Waals surface area contributed by atoms with Crippen molar-refractivity contribution in [2.24, 2.45) is 17.1 Å². The summed E-state index contributed by atoms with van der Waals surface area (Å²) in [6, 6.07) is 0.387. The van der Waals surface area contributed by atoms with Crippen LogP contribution in [0.1, 0.15) is 46.5 Å². The molecule has 1 rings (SSSR count). The Morgan fingerprint density at radius 1 is 1.29 bits per heavy atom. The van der Waals surface area contributed by atoms with Gasteiger partial charge < -0.3 is 10.5 Å². The third-order valence-electron chi connectivity index (χ3n) is 3.10. The quantitative estimate of drug-likeness (QED) is 0.758. The average Bonchev–Trinajstić information content (AvgIpc) is 2.14. The molecule has 0 radical (unpaired) electrons. The number of ether oxygens (including phenoxy) is 1. The molecule has 0 aromatic heterocycles. The van der Waals surface area contributed by atoms with Crippen molar-refractivity contribution in [3.63, 3.8) is 0 Å². The highest BCUT2D eigenvalue weighted by atomic mass is 16.5. The Morgan fingerprint density at radius 2 is 1.86 bits per heavy atom. The fourth-order valence-corrected chi connectivity index (χ4v) is 1.98. The number of hydrogen-bond donors (Lipinski definition) is 1. The summed E-state index contributed by atoms with van der Waals surface area (Å²) in [5, 5.41) is 0. The van der Waals surface area contributed by atoms with E-state index in [4.69, 9.17) is 10.5 Å². The predicted octanol–water partition coefficient (Wildman–Crippen LogP) is 2.57. The van der Waals surface area contributed by atoms with Gasteiger partial charge in [0.1, 0.15) is 0 Å². The van der Waals surface area contributed by atoms with Crippen molar-refractivity contribution < 1.29 is 4.74 Å². The second-order valence-electron chi connectivity index (χ2n) is 5.71.